The molecule has 1 N–H and O–H groups in total. The fourth-order valence-corrected chi connectivity index (χ4v) is 4.21. The summed E-state index contributed by atoms with van der Waals surface area (Å²) in [6, 6.07) is 17.9. The number of aromatic nitrogens is 3. The highest BCUT2D eigenvalue weighted by Crippen LogP contribution is 2.27. The van der Waals surface area contributed by atoms with Gasteiger partial charge in [0.1, 0.15) is 11.4 Å². The number of nitrogens with zero attached hydrogens (tertiary/aromatic N) is 3. The van der Waals surface area contributed by atoms with E-state index in [0.717, 1.165) is 26.5 Å². The highest BCUT2D eigenvalue weighted by molar-refractivity contribution is 7.99. The van der Waals surface area contributed by atoms with Crippen LogP contribution >= 0.6 is 23.1 Å². The van der Waals surface area contributed by atoms with Crippen LogP contribution in [0.15, 0.2) is 66.0 Å². The lowest BCUT2D eigenvalue weighted by Crippen LogP contribution is -2.13. The number of hydrogen-bond donors (Lipinski definition) is 1. The summed E-state index contributed by atoms with van der Waals surface area (Å²) >= 11 is 2.86. The minimum Gasteiger partial charge on any atom is -0.301 e. The largest absolute Gasteiger partial charge is 0.301 e. The Morgan fingerprint density at radius 3 is 2.81 bits per heavy atom. The van der Waals surface area contributed by atoms with Crippen LogP contribution in [-0.4, -0.2) is 26.6 Å². The van der Waals surface area contributed by atoms with E-state index >= 15 is 0 Å². The van der Waals surface area contributed by atoms with E-state index in [1.807, 2.05) is 55.5 Å². The van der Waals surface area contributed by atoms with Crippen LogP contribution in [0.5, 0.6) is 0 Å². The van der Waals surface area contributed by atoms with Gasteiger partial charge in [-0.25, -0.2) is 15.0 Å². The molecule has 2 aromatic heterocycles. The number of rotatable bonds is 5. The standard InChI is InChI=1S/C20H16N4OS2/c1-13-7-8-15-17(9-13)27-20(23-15)24-18(25)11-26-19-10-16(21-12-22-19)14-5-3-2-4-6-14/h2-10,12H,11H2,1H3,(H,23,24,25). The predicted octanol–water partition coefficient (Wildman–Crippen LogP) is 4.79. The van der Waals surface area contributed by atoms with Crippen molar-refractivity contribution >= 4 is 44.4 Å². The van der Waals surface area contributed by atoms with Crippen LogP contribution in [0.3, 0.4) is 0 Å². The maximum absolute atomic E-state index is 12.3. The number of hydrogen-bond acceptors (Lipinski definition) is 6. The lowest BCUT2D eigenvalue weighted by atomic mass is 10.1. The molecule has 0 aliphatic rings. The van der Waals surface area contributed by atoms with Gasteiger partial charge in [0.05, 0.1) is 21.7 Å². The maximum Gasteiger partial charge on any atom is 0.236 e. The average Bonchev–Trinajstić information content (AvgIpc) is 3.08. The van der Waals surface area contributed by atoms with Gasteiger partial charge in [-0.3, -0.25) is 4.79 Å². The number of fused-ring (bicyclic) bond motifs is 1. The summed E-state index contributed by atoms with van der Waals surface area (Å²) in [6.45, 7) is 2.04. The molecular weight excluding hydrogens is 376 g/mol. The van der Waals surface area contributed by atoms with Crippen LogP contribution in [0.4, 0.5) is 5.13 Å². The minimum atomic E-state index is -0.101. The summed E-state index contributed by atoms with van der Waals surface area (Å²) in [6.07, 6.45) is 1.53. The Morgan fingerprint density at radius 2 is 1.96 bits per heavy atom. The third-order valence-corrected chi connectivity index (χ3v) is 5.71. The van der Waals surface area contributed by atoms with Gasteiger partial charge < -0.3 is 5.32 Å². The van der Waals surface area contributed by atoms with Crippen LogP contribution in [0.2, 0.25) is 0 Å². The maximum atomic E-state index is 12.3. The first-order valence-corrected chi connectivity index (χ1v) is 10.1. The number of thioether (sulfide) groups is 1. The topological polar surface area (TPSA) is 67.8 Å². The molecular formula is C20H16N4OS2. The molecule has 0 saturated heterocycles. The molecule has 0 saturated carbocycles. The first-order chi connectivity index (χ1) is 13.2. The van der Waals surface area contributed by atoms with Crippen LogP contribution in [-0.2, 0) is 4.79 Å². The Labute approximate surface area is 164 Å². The number of benzene rings is 2. The summed E-state index contributed by atoms with van der Waals surface area (Å²) in [5.41, 5.74) is 3.94. The van der Waals surface area contributed by atoms with Gasteiger partial charge in [0.15, 0.2) is 5.13 Å². The quantitative estimate of drug-likeness (QED) is 0.391. The Balaban J connectivity index is 1.40. The molecule has 0 atom stereocenters. The molecule has 5 nitrogen and oxygen atoms in total. The van der Waals surface area contributed by atoms with Gasteiger partial charge in [0.25, 0.3) is 0 Å². The van der Waals surface area contributed by atoms with Gasteiger partial charge in [0, 0.05) is 5.56 Å². The second-order valence-electron chi connectivity index (χ2n) is 5.93. The molecule has 1 amide bonds. The van der Waals surface area contributed by atoms with E-state index < -0.39 is 0 Å². The molecule has 0 bridgehead atoms. The molecule has 4 rings (SSSR count). The van der Waals surface area contributed by atoms with Gasteiger partial charge in [-0.05, 0) is 30.7 Å². The summed E-state index contributed by atoms with van der Waals surface area (Å²) in [5.74, 6) is 0.163. The van der Waals surface area contributed by atoms with E-state index in [-0.39, 0.29) is 11.7 Å². The zero-order valence-corrected chi connectivity index (χ0v) is 16.2. The predicted molar refractivity (Wildman–Crippen MR) is 111 cm³/mol. The van der Waals surface area contributed by atoms with Crippen molar-refractivity contribution < 1.29 is 4.79 Å². The molecule has 4 aromatic rings. The van der Waals surface area contributed by atoms with Gasteiger partial charge in [0.2, 0.25) is 5.91 Å². The smallest absolute Gasteiger partial charge is 0.236 e. The number of aryl methyl sites for hydroxylation is 1. The molecule has 134 valence electrons. The third-order valence-electron chi connectivity index (χ3n) is 3.85. The molecule has 0 spiro atoms. The molecule has 0 aliphatic carbocycles. The zero-order valence-electron chi connectivity index (χ0n) is 14.5. The average molecular weight is 393 g/mol. The number of nitrogens with one attached hydrogen (secondary N) is 1. The van der Waals surface area contributed by atoms with E-state index in [1.54, 1.807) is 0 Å². The second-order valence-corrected chi connectivity index (χ2v) is 7.96. The van der Waals surface area contributed by atoms with Crippen LogP contribution < -0.4 is 5.32 Å². The fourth-order valence-electron chi connectivity index (χ4n) is 2.57. The lowest BCUT2D eigenvalue weighted by Gasteiger charge is -2.04. The van der Waals surface area contributed by atoms with Gasteiger partial charge >= 0.3 is 0 Å². The number of anilines is 1. The van der Waals surface area contributed by atoms with Crippen molar-refractivity contribution in [2.75, 3.05) is 11.1 Å². The van der Waals surface area contributed by atoms with Crippen molar-refractivity contribution in [3.05, 3.63) is 66.5 Å². The van der Waals surface area contributed by atoms with Crippen molar-refractivity contribution in [2.24, 2.45) is 0 Å². The van der Waals surface area contributed by atoms with Gasteiger partial charge in [-0.15, -0.1) is 0 Å². The summed E-state index contributed by atoms with van der Waals surface area (Å²) in [5, 5.41) is 4.25. The Bertz CT molecular complexity index is 1100. The Morgan fingerprint density at radius 1 is 1.11 bits per heavy atom. The summed E-state index contributed by atoms with van der Waals surface area (Å²) in [7, 11) is 0. The number of carbonyl (C=O) groups is 1. The van der Waals surface area contributed by atoms with E-state index in [0.29, 0.717) is 5.13 Å². The highest BCUT2D eigenvalue weighted by atomic mass is 32.2. The SMILES string of the molecule is Cc1ccc2nc(NC(=O)CSc3cc(-c4ccccc4)ncn3)sc2c1. The third kappa shape index (κ3) is 4.32. The molecule has 0 unspecified atom stereocenters. The first kappa shape index (κ1) is 17.6. The monoisotopic (exact) mass is 392 g/mol. The van der Waals surface area contributed by atoms with E-state index in [2.05, 4.69) is 26.3 Å². The van der Waals surface area contributed by atoms with Crippen LogP contribution in [0.1, 0.15) is 5.56 Å². The second kappa shape index (κ2) is 7.85. The van der Waals surface area contributed by atoms with E-state index in [9.17, 15) is 4.79 Å². The van der Waals surface area contributed by atoms with Crippen molar-refractivity contribution in [1.82, 2.24) is 15.0 Å². The lowest BCUT2D eigenvalue weighted by molar-refractivity contribution is -0.113. The number of carbonyl (C=O) groups excluding carboxylic acids is 1. The van der Waals surface area contributed by atoms with Crippen molar-refractivity contribution in [2.45, 2.75) is 11.9 Å². The molecule has 0 fully saturated rings. The first-order valence-electron chi connectivity index (χ1n) is 8.35. The Hall–Kier alpha value is -2.77. The number of amides is 1. The molecule has 0 aliphatic heterocycles. The Kier molecular flexibility index (Phi) is 5.13. The fraction of sp³-hybridized carbons (Fsp3) is 0.100. The zero-order chi connectivity index (χ0) is 18.6. The molecule has 2 aromatic carbocycles. The molecule has 0 radical (unpaired) electrons. The van der Waals surface area contributed by atoms with Crippen molar-refractivity contribution in [3.63, 3.8) is 0 Å². The summed E-state index contributed by atoms with van der Waals surface area (Å²) in [4.78, 5) is 25.3. The van der Waals surface area contributed by atoms with Crippen molar-refractivity contribution in [3.8, 4) is 11.3 Å². The van der Waals surface area contributed by atoms with Crippen molar-refractivity contribution in [1.29, 1.82) is 0 Å². The highest BCUT2D eigenvalue weighted by Gasteiger charge is 2.10. The molecule has 2 heterocycles. The molecule has 27 heavy (non-hydrogen) atoms. The summed E-state index contributed by atoms with van der Waals surface area (Å²) < 4.78 is 1.07. The molecule has 7 heteroatoms. The van der Waals surface area contributed by atoms with Crippen LogP contribution in [0, 0.1) is 6.92 Å². The van der Waals surface area contributed by atoms with Gasteiger partial charge in [-0.1, -0.05) is 59.5 Å². The van der Waals surface area contributed by atoms with Gasteiger partial charge in [-0.2, -0.15) is 0 Å². The van der Waals surface area contributed by atoms with E-state index in [1.165, 1.54) is 35.0 Å². The normalized spacial score (nSPS) is 10.9. The van der Waals surface area contributed by atoms with Crippen LogP contribution in [0.25, 0.3) is 21.5 Å². The number of thiazole rings is 1. The minimum absolute atomic E-state index is 0.101. The van der Waals surface area contributed by atoms with E-state index in [4.69, 9.17) is 0 Å².